The predicted octanol–water partition coefficient (Wildman–Crippen LogP) is 1.27. The van der Waals surface area contributed by atoms with E-state index in [0.717, 1.165) is 39.0 Å². The quantitative estimate of drug-likeness (QED) is 0.803. The zero-order chi connectivity index (χ0) is 12.6. The minimum atomic E-state index is -0.641. The summed E-state index contributed by atoms with van der Waals surface area (Å²) in [5.74, 6) is -0.274. The maximum atomic E-state index is 11.6. The molecule has 17 heavy (non-hydrogen) atoms. The molecule has 0 amide bonds. The van der Waals surface area contributed by atoms with Crippen LogP contribution in [0.3, 0.4) is 0 Å². The van der Waals surface area contributed by atoms with Crippen LogP contribution in [-0.4, -0.2) is 58.6 Å². The van der Waals surface area contributed by atoms with E-state index < -0.39 is 11.5 Å². The summed E-state index contributed by atoms with van der Waals surface area (Å²) >= 11 is 0. The number of carbonyl (C=O) groups is 1. The number of nitrogens with zero attached hydrogens (tertiary/aromatic N) is 2. The van der Waals surface area contributed by atoms with Crippen molar-refractivity contribution in [3.05, 3.63) is 0 Å². The van der Waals surface area contributed by atoms with E-state index in [1.165, 1.54) is 0 Å². The lowest BCUT2D eigenvalue weighted by Crippen LogP contribution is -2.61. The van der Waals surface area contributed by atoms with E-state index in [1.54, 1.807) is 0 Å². The van der Waals surface area contributed by atoms with E-state index in [-0.39, 0.29) is 0 Å². The Balaban J connectivity index is 2.01. The number of hydrogen-bond donors (Lipinski definition) is 1. The average Bonchev–Trinajstić information content (AvgIpc) is 3.12. The molecule has 1 heterocycles. The van der Waals surface area contributed by atoms with Crippen molar-refractivity contribution in [2.24, 2.45) is 5.92 Å². The number of piperazine rings is 1. The van der Waals surface area contributed by atoms with Gasteiger partial charge in [0.05, 0.1) is 0 Å². The highest BCUT2D eigenvalue weighted by molar-refractivity contribution is 5.79. The van der Waals surface area contributed by atoms with Crippen molar-refractivity contribution < 1.29 is 9.90 Å². The summed E-state index contributed by atoms with van der Waals surface area (Å²) in [7, 11) is 0. The second-order valence-corrected chi connectivity index (χ2v) is 5.84. The van der Waals surface area contributed by atoms with Crippen molar-refractivity contribution in [1.29, 1.82) is 0 Å². The van der Waals surface area contributed by atoms with Gasteiger partial charge in [-0.15, -0.1) is 0 Å². The van der Waals surface area contributed by atoms with Gasteiger partial charge in [0.25, 0.3) is 0 Å². The Hall–Kier alpha value is -0.610. The van der Waals surface area contributed by atoms with Gasteiger partial charge in [-0.05, 0) is 39.5 Å². The van der Waals surface area contributed by atoms with Gasteiger partial charge in [0.1, 0.15) is 5.54 Å². The van der Waals surface area contributed by atoms with E-state index in [9.17, 15) is 9.90 Å². The van der Waals surface area contributed by atoms with Gasteiger partial charge in [0.15, 0.2) is 0 Å². The Morgan fingerprint density at radius 3 is 2.12 bits per heavy atom. The maximum Gasteiger partial charge on any atom is 0.324 e. The van der Waals surface area contributed by atoms with E-state index in [2.05, 4.69) is 23.6 Å². The van der Waals surface area contributed by atoms with Crippen LogP contribution in [0, 0.1) is 5.92 Å². The molecule has 1 saturated carbocycles. The van der Waals surface area contributed by atoms with E-state index in [1.807, 2.05) is 6.92 Å². The zero-order valence-electron chi connectivity index (χ0n) is 11.1. The highest BCUT2D eigenvalue weighted by Crippen LogP contribution is 2.43. The third kappa shape index (κ3) is 2.33. The Labute approximate surface area is 104 Å². The third-order valence-corrected chi connectivity index (χ3v) is 4.51. The molecule has 0 aromatic carbocycles. The first-order chi connectivity index (χ1) is 7.96. The van der Waals surface area contributed by atoms with Crippen molar-refractivity contribution in [3.8, 4) is 0 Å². The van der Waals surface area contributed by atoms with Crippen LogP contribution in [0.4, 0.5) is 0 Å². The van der Waals surface area contributed by atoms with Gasteiger partial charge in [-0.2, -0.15) is 0 Å². The number of carboxylic acids is 1. The largest absolute Gasteiger partial charge is 0.480 e. The van der Waals surface area contributed by atoms with Gasteiger partial charge in [-0.1, -0.05) is 0 Å². The molecule has 1 atom stereocenters. The van der Waals surface area contributed by atoms with Gasteiger partial charge in [-0.3, -0.25) is 14.6 Å². The topological polar surface area (TPSA) is 43.8 Å². The first kappa shape index (κ1) is 12.8. The summed E-state index contributed by atoms with van der Waals surface area (Å²) in [6.45, 7) is 10.1. The van der Waals surface area contributed by atoms with Gasteiger partial charge in [-0.25, -0.2) is 0 Å². The Morgan fingerprint density at radius 2 is 1.76 bits per heavy atom. The predicted molar refractivity (Wildman–Crippen MR) is 67.0 cm³/mol. The molecule has 1 N–H and O–H groups in total. The molecule has 0 aromatic heterocycles. The van der Waals surface area contributed by atoms with Crippen LogP contribution in [0.1, 0.15) is 33.6 Å². The molecule has 98 valence electrons. The van der Waals surface area contributed by atoms with E-state index >= 15 is 0 Å². The van der Waals surface area contributed by atoms with Crippen LogP contribution >= 0.6 is 0 Å². The summed E-state index contributed by atoms with van der Waals surface area (Å²) in [5, 5.41) is 9.51. The second-order valence-electron chi connectivity index (χ2n) is 5.84. The highest BCUT2D eigenvalue weighted by atomic mass is 16.4. The molecule has 4 nitrogen and oxygen atoms in total. The van der Waals surface area contributed by atoms with Crippen molar-refractivity contribution in [2.75, 3.05) is 26.2 Å². The van der Waals surface area contributed by atoms with Crippen LogP contribution in [0.25, 0.3) is 0 Å². The van der Waals surface area contributed by atoms with Crippen molar-refractivity contribution in [1.82, 2.24) is 9.80 Å². The molecule has 1 aliphatic carbocycles. The first-order valence-electron chi connectivity index (χ1n) is 6.68. The van der Waals surface area contributed by atoms with Gasteiger partial charge in [0.2, 0.25) is 0 Å². The average molecular weight is 240 g/mol. The number of rotatable bonds is 4. The fraction of sp³-hybridized carbons (Fsp3) is 0.923. The minimum Gasteiger partial charge on any atom is -0.480 e. The minimum absolute atomic E-state index is 0.366. The van der Waals surface area contributed by atoms with Crippen LogP contribution in [-0.2, 0) is 4.79 Å². The lowest BCUT2D eigenvalue weighted by molar-refractivity contribution is -0.153. The second kappa shape index (κ2) is 4.58. The molecule has 4 heteroatoms. The molecule has 2 fully saturated rings. The summed E-state index contributed by atoms with van der Waals surface area (Å²) < 4.78 is 0. The molecule has 1 unspecified atom stereocenters. The molecule has 1 saturated heterocycles. The standard InChI is InChI=1S/C13H24N2O2/c1-10(2)14-6-8-15(9-7-14)13(3,12(16)17)11-4-5-11/h10-11H,4-9H2,1-3H3,(H,16,17). The van der Waals surface area contributed by atoms with Gasteiger partial charge in [0, 0.05) is 32.2 Å². The van der Waals surface area contributed by atoms with Gasteiger partial charge < -0.3 is 5.11 Å². The number of aliphatic carboxylic acids is 1. The van der Waals surface area contributed by atoms with Crippen molar-refractivity contribution in [2.45, 2.75) is 45.2 Å². The van der Waals surface area contributed by atoms with E-state index in [0.29, 0.717) is 12.0 Å². The Bertz CT molecular complexity index is 294. The van der Waals surface area contributed by atoms with E-state index in [4.69, 9.17) is 0 Å². The fourth-order valence-electron chi connectivity index (χ4n) is 2.92. The Kier molecular flexibility index (Phi) is 3.46. The zero-order valence-corrected chi connectivity index (χ0v) is 11.1. The molecule has 1 aliphatic heterocycles. The van der Waals surface area contributed by atoms with Crippen molar-refractivity contribution in [3.63, 3.8) is 0 Å². The molecule has 0 radical (unpaired) electrons. The smallest absolute Gasteiger partial charge is 0.324 e. The van der Waals surface area contributed by atoms with Gasteiger partial charge >= 0.3 is 5.97 Å². The molecule has 0 bridgehead atoms. The molecular weight excluding hydrogens is 216 g/mol. The normalized spacial score (nSPS) is 27.1. The fourth-order valence-corrected chi connectivity index (χ4v) is 2.92. The first-order valence-corrected chi connectivity index (χ1v) is 6.68. The van der Waals surface area contributed by atoms with Crippen LogP contribution < -0.4 is 0 Å². The highest BCUT2D eigenvalue weighted by Gasteiger charge is 2.51. The van der Waals surface area contributed by atoms with Crippen molar-refractivity contribution >= 4 is 5.97 Å². The SMILES string of the molecule is CC(C)N1CCN(C(C)(C(=O)O)C2CC2)CC1. The molecule has 2 aliphatic rings. The van der Waals surface area contributed by atoms with Crippen LogP contribution in [0.5, 0.6) is 0 Å². The Morgan fingerprint density at radius 1 is 1.24 bits per heavy atom. The molecule has 0 spiro atoms. The summed E-state index contributed by atoms with van der Waals surface area (Å²) in [4.78, 5) is 16.2. The maximum absolute atomic E-state index is 11.6. The molecule has 0 aromatic rings. The third-order valence-electron chi connectivity index (χ3n) is 4.51. The summed E-state index contributed by atoms with van der Waals surface area (Å²) in [5.41, 5.74) is -0.622. The number of carboxylic acid groups (broad SMARTS) is 1. The number of hydrogen-bond acceptors (Lipinski definition) is 3. The van der Waals surface area contributed by atoms with Crippen LogP contribution in [0.2, 0.25) is 0 Å². The lowest BCUT2D eigenvalue weighted by Gasteiger charge is -2.44. The molecular formula is C13H24N2O2. The molecule has 2 rings (SSSR count). The summed E-state index contributed by atoms with van der Waals surface area (Å²) in [6, 6.07) is 0.564. The lowest BCUT2D eigenvalue weighted by atomic mass is 9.92. The summed E-state index contributed by atoms with van der Waals surface area (Å²) in [6.07, 6.45) is 2.15. The van der Waals surface area contributed by atoms with Crippen LogP contribution in [0.15, 0.2) is 0 Å². The monoisotopic (exact) mass is 240 g/mol.